The minimum absolute atomic E-state index is 0.182. The maximum atomic E-state index is 11.9. The molecule has 0 aliphatic heterocycles. The number of amides is 1. The molecule has 1 aromatic heterocycles. The zero-order chi connectivity index (χ0) is 14.7. The minimum Gasteiger partial charge on any atom is -0.441 e. The van der Waals surface area contributed by atoms with Crippen molar-refractivity contribution in [2.45, 2.75) is 6.92 Å². The standard InChI is InChI=1S/C17H14N2O2/c1-12-18-15-11-14(8-9-16(15)21-12)19-17(20)10-7-13-5-3-2-4-6-13/h2-11H,1H3,(H,19,20)/b10-7+. The summed E-state index contributed by atoms with van der Waals surface area (Å²) in [6.07, 6.45) is 3.28. The summed E-state index contributed by atoms with van der Waals surface area (Å²) in [4.78, 5) is 16.1. The summed E-state index contributed by atoms with van der Waals surface area (Å²) >= 11 is 0. The number of benzene rings is 2. The molecule has 4 heteroatoms. The number of fused-ring (bicyclic) bond motifs is 1. The highest BCUT2D eigenvalue weighted by atomic mass is 16.3. The summed E-state index contributed by atoms with van der Waals surface area (Å²) in [6, 6.07) is 15.1. The maximum absolute atomic E-state index is 11.9. The van der Waals surface area contributed by atoms with Gasteiger partial charge in [-0.3, -0.25) is 4.79 Å². The van der Waals surface area contributed by atoms with Gasteiger partial charge in [-0.25, -0.2) is 4.98 Å². The van der Waals surface area contributed by atoms with Gasteiger partial charge in [0.25, 0.3) is 0 Å². The van der Waals surface area contributed by atoms with Crippen molar-refractivity contribution in [1.29, 1.82) is 0 Å². The lowest BCUT2D eigenvalue weighted by Gasteiger charge is -2.01. The molecule has 4 nitrogen and oxygen atoms in total. The number of hydrogen-bond donors (Lipinski definition) is 1. The van der Waals surface area contributed by atoms with Gasteiger partial charge in [-0.15, -0.1) is 0 Å². The van der Waals surface area contributed by atoms with Crippen molar-refractivity contribution < 1.29 is 9.21 Å². The van der Waals surface area contributed by atoms with E-state index in [0.717, 1.165) is 11.1 Å². The van der Waals surface area contributed by atoms with Crippen LogP contribution in [0.5, 0.6) is 0 Å². The molecule has 0 saturated carbocycles. The van der Waals surface area contributed by atoms with E-state index in [-0.39, 0.29) is 5.91 Å². The second-order valence-electron chi connectivity index (χ2n) is 4.65. The number of carbonyl (C=O) groups excluding carboxylic acids is 1. The highest BCUT2D eigenvalue weighted by Crippen LogP contribution is 2.19. The third kappa shape index (κ3) is 3.17. The van der Waals surface area contributed by atoms with E-state index in [1.165, 1.54) is 6.08 Å². The summed E-state index contributed by atoms with van der Waals surface area (Å²) in [5.74, 6) is 0.427. The molecule has 2 aromatic carbocycles. The SMILES string of the molecule is Cc1nc2cc(NC(=O)/C=C/c3ccccc3)ccc2o1. The summed E-state index contributed by atoms with van der Waals surface area (Å²) in [5.41, 5.74) is 3.12. The molecule has 21 heavy (non-hydrogen) atoms. The van der Waals surface area contributed by atoms with Crippen molar-refractivity contribution in [2.24, 2.45) is 0 Å². The van der Waals surface area contributed by atoms with Gasteiger partial charge in [0.05, 0.1) is 0 Å². The quantitative estimate of drug-likeness (QED) is 0.742. The molecule has 1 amide bonds. The first-order chi connectivity index (χ1) is 10.2. The third-order valence-electron chi connectivity index (χ3n) is 2.99. The Morgan fingerprint density at radius 2 is 2.00 bits per heavy atom. The normalized spacial score (nSPS) is 11.1. The van der Waals surface area contributed by atoms with Crippen molar-refractivity contribution in [2.75, 3.05) is 5.32 Å². The molecule has 0 unspecified atom stereocenters. The molecule has 3 aromatic rings. The van der Waals surface area contributed by atoms with Crippen LogP contribution in [-0.2, 0) is 4.79 Å². The van der Waals surface area contributed by atoms with Crippen LogP contribution in [0, 0.1) is 6.92 Å². The number of carbonyl (C=O) groups is 1. The topological polar surface area (TPSA) is 55.1 Å². The van der Waals surface area contributed by atoms with Crippen molar-refractivity contribution in [3.8, 4) is 0 Å². The van der Waals surface area contributed by atoms with Crippen LogP contribution in [0.1, 0.15) is 11.5 Å². The van der Waals surface area contributed by atoms with E-state index in [2.05, 4.69) is 10.3 Å². The first-order valence-electron chi connectivity index (χ1n) is 6.62. The minimum atomic E-state index is -0.182. The average molecular weight is 278 g/mol. The Kier molecular flexibility index (Phi) is 3.51. The fourth-order valence-corrected chi connectivity index (χ4v) is 2.04. The van der Waals surface area contributed by atoms with Crippen LogP contribution in [0.25, 0.3) is 17.2 Å². The Morgan fingerprint density at radius 3 is 2.81 bits per heavy atom. The highest BCUT2D eigenvalue weighted by molar-refractivity contribution is 6.02. The summed E-state index contributed by atoms with van der Waals surface area (Å²) in [6.45, 7) is 1.79. The largest absolute Gasteiger partial charge is 0.441 e. The molecule has 0 aliphatic carbocycles. The van der Waals surface area contributed by atoms with Crippen LogP contribution >= 0.6 is 0 Å². The first-order valence-corrected chi connectivity index (χ1v) is 6.62. The van der Waals surface area contributed by atoms with Crippen LogP contribution in [0.3, 0.4) is 0 Å². The molecular formula is C17H14N2O2. The fourth-order valence-electron chi connectivity index (χ4n) is 2.04. The molecule has 0 radical (unpaired) electrons. The van der Waals surface area contributed by atoms with E-state index in [9.17, 15) is 4.79 Å². The Bertz CT molecular complexity index is 804. The van der Waals surface area contributed by atoms with Crippen LogP contribution in [0.2, 0.25) is 0 Å². The Balaban J connectivity index is 1.72. The van der Waals surface area contributed by atoms with Crippen LogP contribution in [0.4, 0.5) is 5.69 Å². The lowest BCUT2D eigenvalue weighted by atomic mass is 10.2. The van der Waals surface area contributed by atoms with Crippen LogP contribution < -0.4 is 5.32 Å². The number of anilines is 1. The molecule has 0 fully saturated rings. The highest BCUT2D eigenvalue weighted by Gasteiger charge is 2.04. The molecular weight excluding hydrogens is 264 g/mol. The van der Waals surface area contributed by atoms with Gasteiger partial charge in [-0.05, 0) is 29.8 Å². The van der Waals surface area contributed by atoms with Gasteiger partial charge < -0.3 is 9.73 Å². The molecule has 0 spiro atoms. The molecule has 3 rings (SSSR count). The van der Waals surface area contributed by atoms with E-state index >= 15 is 0 Å². The molecule has 1 N–H and O–H groups in total. The fraction of sp³-hybridized carbons (Fsp3) is 0.0588. The predicted octanol–water partition coefficient (Wildman–Crippen LogP) is 3.79. The van der Waals surface area contributed by atoms with Gasteiger partial charge in [-0.1, -0.05) is 30.3 Å². The maximum Gasteiger partial charge on any atom is 0.248 e. The Morgan fingerprint density at radius 1 is 1.19 bits per heavy atom. The van der Waals surface area contributed by atoms with E-state index in [0.29, 0.717) is 17.2 Å². The van der Waals surface area contributed by atoms with Gasteiger partial charge in [0.1, 0.15) is 5.52 Å². The van der Waals surface area contributed by atoms with Crippen molar-refractivity contribution in [3.05, 3.63) is 66.1 Å². The second-order valence-corrected chi connectivity index (χ2v) is 4.65. The van der Waals surface area contributed by atoms with E-state index < -0.39 is 0 Å². The van der Waals surface area contributed by atoms with E-state index in [1.54, 1.807) is 31.2 Å². The van der Waals surface area contributed by atoms with Gasteiger partial charge in [-0.2, -0.15) is 0 Å². The van der Waals surface area contributed by atoms with E-state index in [4.69, 9.17) is 4.42 Å². The predicted molar refractivity (Wildman–Crippen MR) is 82.9 cm³/mol. The Labute approximate surface area is 122 Å². The van der Waals surface area contributed by atoms with Gasteiger partial charge in [0.15, 0.2) is 11.5 Å². The molecule has 0 aliphatic rings. The Hall–Kier alpha value is -2.88. The summed E-state index contributed by atoms with van der Waals surface area (Å²) in [7, 11) is 0. The average Bonchev–Trinajstić information content (AvgIpc) is 2.85. The number of aromatic nitrogens is 1. The van der Waals surface area contributed by atoms with Crippen molar-refractivity contribution >= 4 is 28.8 Å². The number of oxazole rings is 1. The van der Waals surface area contributed by atoms with Gasteiger partial charge in [0, 0.05) is 18.7 Å². The molecule has 1 heterocycles. The van der Waals surface area contributed by atoms with Crippen LogP contribution in [0.15, 0.2) is 59.0 Å². The van der Waals surface area contributed by atoms with Gasteiger partial charge >= 0.3 is 0 Å². The zero-order valence-corrected chi connectivity index (χ0v) is 11.5. The second kappa shape index (κ2) is 5.63. The molecule has 0 bridgehead atoms. The van der Waals surface area contributed by atoms with E-state index in [1.807, 2.05) is 30.3 Å². The molecule has 0 saturated heterocycles. The lowest BCUT2D eigenvalue weighted by Crippen LogP contribution is -2.07. The van der Waals surface area contributed by atoms with Crippen molar-refractivity contribution in [3.63, 3.8) is 0 Å². The summed E-state index contributed by atoms with van der Waals surface area (Å²) in [5, 5.41) is 2.81. The monoisotopic (exact) mass is 278 g/mol. The third-order valence-corrected chi connectivity index (χ3v) is 2.99. The smallest absolute Gasteiger partial charge is 0.248 e. The zero-order valence-electron chi connectivity index (χ0n) is 11.5. The first kappa shape index (κ1) is 13.1. The number of nitrogens with one attached hydrogen (secondary N) is 1. The number of aryl methyl sites for hydroxylation is 1. The number of nitrogens with zero attached hydrogens (tertiary/aromatic N) is 1. The number of rotatable bonds is 3. The molecule has 0 atom stereocenters. The van der Waals surface area contributed by atoms with Crippen molar-refractivity contribution in [1.82, 2.24) is 4.98 Å². The molecule has 104 valence electrons. The number of hydrogen-bond acceptors (Lipinski definition) is 3. The van der Waals surface area contributed by atoms with Gasteiger partial charge in [0.2, 0.25) is 5.91 Å². The lowest BCUT2D eigenvalue weighted by molar-refractivity contribution is -0.111. The summed E-state index contributed by atoms with van der Waals surface area (Å²) < 4.78 is 5.40. The van der Waals surface area contributed by atoms with Crippen LogP contribution in [-0.4, -0.2) is 10.9 Å².